The van der Waals surface area contributed by atoms with E-state index in [1.165, 1.54) is 7.11 Å². The van der Waals surface area contributed by atoms with E-state index in [4.69, 9.17) is 16.3 Å². The number of carbonyl (C=O) groups is 1. The predicted molar refractivity (Wildman–Crippen MR) is 96.8 cm³/mol. The summed E-state index contributed by atoms with van der Waals surface area (Å²) in [5, 5.41) is 16.6. The standard InChI is InChI=1S/C17H16ClN5O2/c1-10-3-6-12(7-4-10)19-16-15(21-23-22-16)17(24)20-13-9-11(18)5-8-14(13)25-2/h3-9H,1-2H3,(H,20,24)(H2,19,21,22,23). The lowest BCUT2D eigenvalue weighted by atomic mass is 10.2. The maximum Gasteiger partial charge on any atom is 0.280 e. The van der Waals surface area contributed by atoms with Crippen molar-refractivity contribution in [3.63, 3.8) is 0 Å². The molecule has 128 valence electrons. The number of benzene rings is 2. The first-order valence-electron chi connectivity index (χ1n) is 7.46. The minimum atomic E-state index is -0.441. The molecule has 0 fully saturated rings. The predicted octanol–water partition coefficient (Wildman–Crippen LogP) is 3.77. The summed E-state index contributed by atoms with van der Waals surface area (Å²) in [6.07, 6.45) is 0. The highest BCUT2D eigenvalue weighted by Gasteiger charge is 2.18. The van der Waals surface area contributed by atoms with Gasteiger partial charge in [-0.3, -0.25) is 4.79 Å². The molecule has 1 amide bonds. The maximum absolute atomic E-state index is 12.5. The van der Waals surface area contributed by atoms with Crippen LogP contribution in [0.2, 0.25) is 5.02 Å². The molecule has 0 saturated heterocycles. The summed E-state index contributed by atoms with van der Waals surface area (Å²) in [4.78, 5) is 12.5. The number of nitrogens with zero attached hydrogens (tertiary/aromatic N) is 2. The second-order valence-electron chi connectivity index (χ2n) is 5.31. The third kappa shape index (κ3) is 3.89. The van der Waals surface area contributed by atoms with Gasteiger partial charge in [0.25, 0.3) is 5.91 Å². The average molecular weight is 358 g/mol. The lowest BCUT2D eigenvalue weighted by Crippen LogP contribution is -2.15. The molecule has 3 aromatic rings. The fourth-order valence-electron chi connectivity index (χ4n) is 2.21. The monoisotopic (exact) mass is 357 g/mol. The molecule has 25 heavy (non-hydrogen) atoms. The number of carbonyl (C=O) groups excluding carboxylic acids is 1. The molecule has 2 aromatic carbocycles. The topological polar surface area (TPSA) is 91.9 Å². The van der Waals surface area contributed by atoms with E-state index in [0.717, 1.165) is 11.3 Å². The van der Waals surface area contributed by atoms with Crippen LogP contribution in [0.25, 0.3) is 0 Å². The lowest BCUT2D eigenvalue weighted by molar-refractivity contribution is 0.102. The van der Waals surface area contributed by atoms with Gasteiger partial charge in [0.15, 0.2) is 11.5 Å². The van der Waals surface area contributed by atoms with Crippen LogP contribution in [0.5, 0.6) is 5.75 Å². The highest BCUT2D eigenvalue weighted by atomic mass is 35.5. The zero-order valence-corrected chi connectivity index (χ0v) is 14.4. The Morgan fingerprint density at radius 3 is 2.64 bits per heavy atom. The second kappa shape index (κ2) is 7.23. The van der Waals surface area contributed by atoms with Gasteiger partial charge in [0, 0.05) is 10.7 Å². The van der Waals surface area contributed by atoms with Crippen molar-refractivity contribution >= 4 is 34.7 Å². The van der Waals surface area contributed by atoms with Gasteiger partial charge in [-0.2, -0.15) is 5.21 Å². The van der Waals surface area contributed by atoms with Crippen molar-refractivity contribution in [1.82, 2.24) is 15.4 Å². The molecule has 0 spiro atoms. The van der Waals surface area contributed by atoms with E-state index in [1.54, 1.807) is 18.2 Å². The summed E-state index contributed by atoms with van der Waals surface area (Å²) in [7, 11) is 1.51. The maximum atomic E-state index is 12.5. The number of aryl methyl sites for hydroxylation is 1. The van der Waals surface area contributed by atoms with E-state index in [0.29, 0.717) is 22.3 Å². The molecule has 0 aliphatic rings. The Morgan fingerprint density at radius 1 is 1.16 bits per heavy atom. The summed E-state index contributed by atoms with van der Waals surface area (Å²) in [6, 6.07) is 12.7. The van der Waals surface area contributed by atoms with E-state index in [2.05, 4.69) is 26.0 Å². The van der Waals surface area contributed by atoms with Crippen LogP contribution in [0.1, 0.15) is 16.1 Å². The Labute approximate surface area is 149 Å². The molecule has 0 saturated carbocycles. The fraction of sp³-hybridized carbons (Fsp3) is 0.118. The quantitative estimate of drug-likeness (QED) is 0.646. The molecule has 1 heterocycles. The van der Waals surface area contributed by atoms with Crippen LogP contribution in [0.4, 0.5) is 17.2 Å². The fourth-order valence-corrected chi connectivity index (χ4v) is 2.38. The minimum absolute atomic E-state index is 0.127. The molecule has 0 aliphatic heterocycles. The molecule has 3 N–H and O–H groups in total. The van der Waals surface area contributed by atoms with Crippen LogP contribution in [0.3, 0.4) is 0 Å². The molecule has 0 unspecified atom stereocenters. The van der Waals surface area contributed by atoms with Gasteiger partial charge < -0.3 is 15.4 Å². The Hall–Kier alpha value is -3.06. The number of anilines is 3. The Morgan fingerprint density at radius 2 is 1.92 bits per heavy atom. The van der Waals surface area contributed by atoms with Crippen LogP contribution in [-0.2, 0) is 0 Å². The molecule has 7 nitrogen and oxygen atoms in total. The van der Waals surface area contributed by atoms with Gasteiger partial charge in [-0.15, -0.1) is 10.2 Å². The summed E-state index contributed by atoms with van der Waals surface area (Å²) in [5.41, 5.74) is 2.51. The summed E-state index contributed by atoms with van der Waals surface area (Å²) >= 11 is 5.98. The molecule has 0 atom stereocenters. The number of amides is 1. The number of nitrogens with one attached hydrogen (secondary N) is 3. The molecule has 3 rings (SSSR count). The van der Waals surface area contributed by atoms with Crippen molar-refractivity contribution in [2.45, 2.75) is 6.92 Å². The van der Waals surface area contributed by atoms with Crippen LogP contribution < -0.4 is 15.4 Å². The third-order valence-corrected chi connectivity index (χ3v) is 3.72. The number of aromatic amines is 1. The van der Waals surface area contributed by atoms with Crippen LogP contribution in [-0.4, -0.2) is 28.4 Å². The first-order valence-corrected chi connectivity index (χ1v) is 7.84. The highest BCUT2D eigenvalue weighted by molar-refractivity contribution is 6.31. The van der Waals surface area contributed by atoms with Crippen molar-refractivity contribution in [2.75, 3.05) is 17.7 Å². The van der Waals surface area contributed by atoms with Crippen molar-refractivity contribution in [3.8, 4) is 5.75 Å². The number of ether oxygens (including phenoxy) is 1. The molecule has 0 bridgehead atoms. The Kier molecular flexibility index (Phi) is 4.85. The third-order valence-electron chi connectivity index (χ3n) is 3.49. The van der Waals surface area contributed by atoms with Crippen LogP contribution in [0.15, 0.2) is 42.5 Å². The number of methoxy groups -OCH3 is 1. The van der Waals surface area contributed by atoms with E-state index < -0.39 is 5.91 Å². The van der Waals surface area contributed by atoms with Crippen molar-refractivity contribution in [1.29, 1.82) is 0 Å². The van der Waals surface area contributed by atoms with Crippen molar-refractivity contribution < 1.29 is 9.53 Å². The molecule has 0 radical (unpaired) electrons. The molecular weight excluding hydrogens is 342 g/mol. The number of hydrogen-bond acceptors (Lipinski definition) is 5. The van der Waals surface area contributed by atoms with Gasteiger partial charge >= 0.3 is 0 Å². The van der Waals surface area contributed by atoms with Gasteiger partial charge in [-0.05, 0) is 37.3 Å². The Bertz CT molecular complexity index is 892. The average Bonchev–Trinajstić information content (AvgIpc) is 3.05. The van der Waals surface area contributed by atoms with E-state index in [1.807, 2.05) is 31.2 Å². The van der Waals surface area contributed by atoms with Gasteiger partial charge in [0.2, 0.25) is 0 Å². The number of hydrogen-bond donors (Lipinski definition) is 3. The molecule has 8 heteroatoms. The normalized spacial score (nSPS) is 10.4. The summed E-state index contributed by atoms with van der Waals surface area (Å²) in [5.74, 6) is 0.376. The molecular formula is C17H16ClN5O2. The largest absolute Gasteiger partial charge is 0.495 e. The first kappa shape index (κ1) is 16.8. The van der Waals surface area contributed by atoms with Gasteiger partial charge in [-0.1, -0.05) is 29.3 Å². The zero-order chi connectivity index (χ0) is 17.8. The van der Waals surface area contributed by atoms with Crippen LogP contribution >= 0.6 is 11.6 Å². The lowest BCUT2D eigenvalue weighted by Gasteiger charge is -2.10. The number of halogens is 1. The van der Waals surface area contributed by atoms with Crippen molar-refractivity contribution in [2.24, 2.45) is 0 Å². The minimum Gasteiger partial charge on any atom is -0.495 e. The summed E-state index contributed by atoms with van der Waals surface area (Å²) < 4.78 is 5.22. The smallest absolute Gasteiger partial charge is 0.280 e. The number of H-pyrrole nitrogens is 1. The van der Waals surface area contributed by atoms with Crippen LogP contribution in [0, 0.1) is 6.92 Å². The zero-order valence-electron chi connectivity index (χ0n) is 13.6. The van der Waals surface area contributed by atoms with Gasteiger partial charge in [0.1, 0.15) is 5.75 Å². The first-order chi connectivity index (χ1) is 12.1. The highest BCUT2D eigenvalue weighted by Crippen LogP contribution is 2.28. The molecule has 0 aliphatic carbocycles. The Balaban J connectivity index is 1.81. The van der Waals surface area contributed by atoms with Gasteiger partial charge in [-0.25, -0.2) is 0 Å². The van der Waals surface area contributed by atoms with E-state index in [9.17, 15) is 4.79 Å². The second-order valence-corrected chi connectivity index (χ2v) is 5.75. The van der Waals surface area contributed by atoms with Gasteiger partial charge in [0.05, 0.1) is 12.8 Å². The van der Waals surface area contributed by atoms with Crippen molar-refractivity contribution in [3.05, 3.63) is 58.7 Å². The SMILES string of the molecule is COc1ccc(Cl)cc1NC(=O)c1n[nH]nc1Nc1ccc(C)cc1. The van der Waals surface area contributed by atoms with E-state index >= 15 is 0 Å². The number of rotatable bonds is 5. The number of aromatic nitrogens is 3. The summed E-state index contributed by atoms with van der Waals surface area (Å²) in [6.45, 7) is 2.00. The van der Waals surface area contributed by atoms with E-state index in [-0.39, 0.29) is 5.69 Å². The molecule has 1 aromatic heterocycles.